The number of aliphatic hydroxyl groups is 1. The predicted molar refractivity (Wildman–Crippen MR) is 121 cm³/mol. The number of fused-ring (bicyclic) bond motifs is 5. The van der Waals surface area contributed by atoms with Gasteiger partial charge >= 0.3 is 5.97 Å². The van der Waals surface area contributed by atoms with Crippen LogP contribution in [-0.2, 0) is 14.3 Å². The largest absolute Gasteiger partial charge is 0.462 e. The quantitative estimate of drug-likeness (QED) is 0.590. The molecule has 0 saturated heterocycles. The molecular formula is C27H42O4. The Morgan fingerprint density at radius 1 is 0.935 bits per heavy atom. The third-order valence-corrected chi connectivity index (χ3v) is 10.5. The van der Waals surface area contributed by atoms with Crippen molar-refractivity contribution in [1.29, 1.82) is 0 Å². The highest BCUT2D eigenvalue weighted by molar-refractivity contribution is 5.94. The molecule has 4 nitrogen and oxygen atoms in total. The SMILES string of the molecule is CC(=O)O[C@H]1C[C@H]2[C@@](C)(CC[C@H]3C(C)(C)CCC[C@]23C)[C@@H]2C[C@H](O)C(C(C)=O)=C[C@@]12C. The van der Waals surface area contributed by atoms with E-state index in [0.717, 1.165) is 12.8 Å². The molecule has 0 unspecified atom stereocenters. The minimum Gasteiger partial charge on any atom is -0.462 e. The van der Waals surface area contributed by atoms with Crippen LogP contribution in [0.25, 0.3) is 0 Å². The Labute approximate surface area is 188 Å². The topological polar surface area (TPSA) is 63.6 Å². The molecule has 0 aromatic heterocycles. The van der Waals surface area contributed by atoms with E-state index >= 15 is 0 Å². The van der Waals surface area contributed by atoms with Crippen molar-refractivity contribution in [3.8, 4) is 0 Å². The van der Waals surface area contributed by atoms with Crippen molar-refractivity contribution < 1.29 is 19.4 Å². The summed E-state index contributed by atoms with van der Waals surface area (Å²) >= 11 is 0. The van der Waals surface area contributed by atoms with E-state index in [-0.39, 0.29) is 34.6 Å². The van der Waals surface area contributed by atoms with E-state index in [1.54, 1.807) is 0 Å². The molecule has 31 heavy (non-hydrogen) atoms. The van der Waals surface area contributed by atoms with Crippen LogP contribution in [0, 0.1) is 39.4 Å². The number of ether oxygens (including phenoxy) is 1. The molecule has 8 atom stereocenters. The fourth-order valence-corrected chi connectivity index (χ4v) is 9.25. The van der Waals surface area contributed by atoms with Gasteiger partial charge in [0, 0.05) is 17.9 Å². The van der Waals surface area contributed by atoms with Crippen LogP contribution >= 0.6 is 0 Å². The molecule has 3 fully saturated rings. The number of carbonyl (C=O) groups is 2. The van der Waals surface area contributed by atoms with Crippen molar-refractivity contribution in [2.75, 3.05) is 0 Å². The average Bonchev–Trinajstić information content (AvgIpc) is 2.63. The Morgan fingerprint density at radius 3 is 2.19 bits per heavy atom. The van der Waals surface area contributed by atoms with Gasteiger partial charge in [-0.05, 0) is 79.4 Å². The molecule has 3 saturated carbocycles. The highest BCUT2D eigenvalue weighted by atomic mass is 16.5. The van der Waals surface area contributed by atoms with Crippen molar-refractivity contribution >= 4 is 11.8 Å². The normalized spacial score (nSPS) is 48.5. The minimum atomic E-state index is -0.725. The monoisotopic (exact) mass is 430 g/mol. The number of carbonyl (C=O) groups excluding carboxylic acids is 2. The number of hydrogen-bond donors (Lipinski definition) is 1. The van der Waals surface area contributed by atoms with E-state index in [9.17, 15) is 14.7 Å². The minimum absolute atomic E-state index is 0.0594. The molecule has 0 radical (unpaired) electrons. The number of aliphatic hydroxyl groups excluding tert-OH is 1. The zero-order valence-electron chi connectivity index (χ0n) is 20.6. The molecule has 4 heteroatoms. The van der Waals surface area contributed by atoms with E-state index < -0.39 is 11.5 Å². The molecule has 4 aliphatic carbocycles. The lowest BCUT2D eigenvalue weighted by atomic mass is 9.35. The van der Waals surface area contributed by atoms with Gasteiger partial charge in [0.1, 0.15) is 6.10 Å². The van der Waals surface area contributed by atoms with Gasteiger partial charge in [0.15, 0.2) is 5.78 Å². The van der Waals surface area contributed by atoms with Gasteiger partial charge < -0.3 is 9.84 Å². The van der Waals surface area contributed by atoms with Gasteiger partial charge in [0.2, 0.25) is 0 Å². The van der Waals surface area contributed by atoms with Crippen molar-refractivity contribution in [3.05, 3.63) is 11.6 Å². The van der Waals surface area contributed by atoms with Crippen LogP contribution in [0.4, 0.5) is 0 Å². The predicted octanol–water partition coefficient (Wildman–Crippen LogP) is 5.47. The van der Waals surface area contributed by atoms with Crippen LogP contribution in [0.1, 0.15) is 93.4 Å². The van der Waals surface area contributed by atoms with Gasteiger partial charge in [0.25, 0.3) is 0 Å². The maximum Gasteiger partial charge on any atom is 0.302 e. The van der Waals surface area contributed by atoms with Gasteiger partial charge in [-0.15, -0.1) is 0 Å². The summed E-state index contributed by atoms with van der Waals surface area (Å²) < 4.78 is 6.02. The van der Waals surface area contributed by atoms with Crippen LogP contribution < -0.4 is 0 Å². The molecule has 0 aliphatic heterocycles. The number of Topliss-reactive ketones (excluding diaryl/α,β-unsaturated/α-hetero) is 1. The number of esters is 1. The lowest BCUT2D eigenvalue weighted by Gasteiger charge is -2.69. The van der Waals surface area contributed by atoms with Gasteiger partial charge in [-0.3, -0.25) is 9.59 Å². The molecule has 0 spiro atoms. The van der Waals surface area contributed by atoms with Crippen LogP contribution in [-0.4, -0.2) is 29.1 Å². The molecule has 4 aliphatic rings. The zero-order chi connectivity index (χ0) is 23.0. The molecule has 4 rings (SSSR count). The third kappa shape index (κ3) is 3.26. The van der Waals surface area contributed by atoms with Crippen LogP contribution in [0.3, 0.4) is 0 Å². The molecular weight excluding hydrogens is 388 g/mol. The Kier molecular flexibility index (Phi) is 5.32. The third-order valence-electron chi connectivity index (χ3n) is 10.5. The molecule has 0 bridgehead atoms. The lowest BCUT2D eigenvalue weighted by Crippen LogP contribution is -2.65. The second kappa shape index (κ2) is 7.17. The first-order chi connectivity index (χ1) is 14.3. The van der Waals surface area contributed by atoms with Crippen LogP contribution in [0.5, 0.6) is 0 Å². The molecule has 1 N–H and O–H groups in total. The van der Waals surface area contributed by atoms with Gasteiger partial charge in [-0.25, -0.2) is 0 Å². The summed E-state index contributed by atoms with van der Waals surface area (Å²) in [5, 5.41) is 10.9. The maximum atomic E-state index is 12.3. The smallest absolute Gasteiger partial charge is 0.302 e. The van der Waals surface area contributed by atoms with Gasteiger partial charge in [0.05, 0.1) is 6.10 Å². The summed E-state index contributed by atoms with van der Waals surface area (Å²) in [6, 6.07) is 0. The summed E-state index contributed by atoms with van der Waals surface area (Å²) in [5.74, 6) is 0.972. The maximum absolute atomic E-state index is 12.3. The van der Waals surface area contributed by atoms with Gasteiger partial charge in [-0.1, -0.05) is 47.1 Å². The number of rotatable bonds is 2. The van der Waals surface area contributed by atoms with E-state index in [1.807, 2.05) is 6.08 Å². The summed E-state index contributed by atoms with van der Waals surface area (Å²) in [6.45, 7) is 15.0. The van der Waals surface area contributed by atoms with Crippen molar-refractivity contribution in [1.82, 2.24) is 0 Å². The highest BCUT2D eigenvalue weighted by Crippen LogP contribution is 2.72. The molecule has 174 valence electrons. The Bertz CT molecular complexity index is 812. The van der Waals surface area contributed by atoms with Crippen LogP contribution in [0.15, 0.2) is 11.6 Å². The second-order valence-electron chi connectivity index (χ2n) is 12.7. The van der Waals surface area contributed by atoms with Crippen molar-refractivity contribution in [3.63, 3.8) is 0 Å². The lowest BCUT2D eigenvalue weighted by molar-refractivity contribution is -0.226. The fraction of sp³-hybridized carbons (Fsp3) is 0.852. The molecule has 0 aromatic carbocycles. The summed E-state index contributed by atoms with van der Waals surface area (Å²) in [7, 11) is 0. The second-order valence-corrected chi connectivity index (χ2v) is 12.7. The summed E-state index contributed by atoms with van der Waals surface area (Å²) in [5.41, 5.74) is 0.676. The standard InChI is InChI=1S/C27H42O4/c1-16(28)18-15-27(7)21(13-19(18)30)26(6)12-9-20-24(3,4)10-8-11-25(20,5)22(26)14-23(27)31-17(2)29/h15,19-23,30H,8-14H2,1-7H3/t19-,20-,21-,22+,23-,25-,26-,27+/m0/s1. The Hall–Kier alpha value is -1.16. The zero-order valence-corrected chi connectivity index (χ0v) is 20.6. The first-order valence-electron chi connectivity index (χ1n) is 12.3. The average molecular weight is 431 g/mol. The Balaban J connectivity index is 1.84. The first kappa shape index (κ1) is 23.0. The summed E-state index contributed by atoms with van der Waals surface area (Å²) in [6.07, 6.45) is 8.58. The van der Waals surface area contributed by atoms with E-state index in [2.05, 4.69) is 34.6 Å². The first-order valence-corrected chi connectivity index (χ1v) is 12.3. The van der Waals surface area contributed by atoms with Crippen molar-refractivity contribution in [2.45, 2.75) is 106 Å². The number of hydrogen-bond acceptors (Lipinski definition) is 4. The van der Waals surface area contributed by atoms with Crippen molar-refractivity contribution in [2.24, 2.45) is 39.4 Å². The van der Waals surface area contributed by atoms with Crippen LogP contribution in [0.2, 0.25) is 0 Å². The molecule has 0 amide bonds. The van der Waals surface area contributed by atoms with E-state index in [4.69, 9.17) is 4.74 Å². The number of ketones is 1. The van der Waals surface area contributed by atoms with E-state index in [1.165, 1.54) is 39.5 Å². The fourth-order valence-electron chi connectivity index (χ4n) is 9.25. The van der Waals surface area contributed by atoms with E-state index in [0.29, 0.717) is 29.2 Å². The summed E-state index contributed by atoms with van der Waals surface area (Å²) in [4.78, 5) is 24.4. The van der Waals surface area contributed by atoms with Gasteiger partial charge in [-0.2, -0.15) is 0 Å². The Morgan fingerprint density at radius 2 is 1.58 bits per heavy atom. The highest BCUT2D eigenvalue weighted by Gasteiger charge is 2.67. The molecule has 0 heterocycles. The molecule has 0 aromatic rings.